The summed E-state index contributed by atoms with van der Waals surface area (Å²) >= 11 is 0. The van der Waals surface area contributed by atoms with Crippen molar-refractivity contribution >= 4 is 28.5 Å². The van der Waals surface area contributed by atoms with E-state index >= 15 is 0 Å². The van der Waals surface area contributed by atoms with E-state index < -0.39 is 18.5 Å². The zero-order chi connectivity index (χ0) is 23.4. The first-order valence-corrected chi connectivity index (χ1v) is 10.7. The van der Waals surface area contributed by atoms with Gasteiger partial charge >= 0.3 is 5.97 Å². The van der Waals surface area contributed by atoms with Crippen molar-refractivity contribution in [3.8, 4) is 11.5 Å². The third-order valence-corrected chi connectivity index (χ3v) is 5.57. The molecule has 4 rings (SSSR count). The Morgan fingerprint density at radius 2 is 1.91 bits per heavy atom. The summed E-state index contributed by atoms with van der Waals surface area (Å²) in [5.74, 6) is 0.543. The van der Waals surface area contributed by atoms with Crippen LogP contribution >= 0.6 is 0 Å². The average Bonchev–Trinajstić information content (AvgIpc) is 3.08. The van der Waals surface area contributed by atoms with Crippen molar-refractivity contribution < 1.29 is 23.8 Å². The van der Waals surface area contributed by atoms with E-state index in [2.05, 4.69) is 10.3 Å². The van der Waals surface area contributed by atoms with Gasteiger partial charge in [0.25, 0.3) is 11.5 Å². The number of anilines is 1. The number of benzene rings is 2. The molecule has 1 amide bonds. The normalized spacial score (nSPS) is 13.0. The monoisotopic (exact) mass is 451 g/mol. The average molecular weight is 451 g/mol. The van der Waals surface area contributed by atoms with Crippen molar-refractivity contribution in [1.29, 1.82) is 0 Å². The van der Waals surface area contributed by atoms with Gasteiger partial charge in [-0.05, 0) is 43.2 Å². The standard InChI is InChI=1S/C24H25N3O6/c1-31-16-8-10-18(20(13-16)32-2)26-22(28)14-33-24(30)15-7-9-17-19(12-15)25-21-6-4-3-5-11-27(21)23(17)29/h7-10,12-13H,3-6,11,14H2,1-2H3,(H,26,28). The number of hydrogen-bond acceptors (Lipinski definition) is 7. The number of carbonyl (C=O) groups is 2. The molecule has 0 saturated heterocycles. The first-order valence-electron chi connectivity index (χ1n) is 10.7. The SMILES string of the molecule is COc1ccc(NC(=O)COC(=O)c2ccc3c(=O)n4c(nc3c2)CCCCC4)c(OC)c1. The van der Waals surface area contributed by atoms with E-state index in [0.29, 0.717) is 34.6 Å². The van der Waals surface area contributed by atoms with Gasteiger partial charge in [0.2, 0.25) is 0 Å². The molecule has 1 aliphatic heterocycles. The summed E-state index contributed by atoms with van der Waals surface area (Å²) in [5, 5.41) is 3.10. The number of ether oxygens (including phenoxy) is 3. The number of nitrogens with one attached hydrogen (secondary N) is 1. The van der Waals surface area contributed by atoms with Crippen LogP contribution in [0.1, 0.15) is 35.4 Å². The van der Waals surface area contributed by atoms with Crippen LogP contribution in [-0.2, 0) is 22.5 Å². The Morgan fingerprint density at radius 1 is 1.06 bits per heavy atom. The van der Waals surface area contributed by atoms with Gasteiger partial charge in [-0.3, -0.25) is 14.2 Å². The predicted molar refractivity (Wildman–Crippen MR) is 122 cm³/mol. The van der Waals surface area contributed by atoms with Gasteiger partial charge in [0.15, 0.2) is 6.61 Å². The van der Waals surface area contributed by atoms with E-state index in [-0.39, 0.29) is 11.1 Å². The minimum Gasteiger partial charge on any atom is -0.497 e. The first-order chi connectivity index (χ1) is 16.0. The number of fused-ring (bicyclic) bond motifs is 2. The maximum atomic E-state index is 12.8. The maximum absolute atomic E-state index is 12.8. The lowest BCUT2D eigenvalue weighted by Crippen LogP contribution is -2.25. The molecule has 1 N–H and O–H groups in total. The molecule has 2 aromatic carbocycles. The van der Waals surface area contributed by atoms with Gasteiger partial charge in [-0.2, -0.15) is 0 Å². The summed E-state index contributed by atoms with van der Waals surface area (Å²) < 4.78 is 17.3. The zero-order valence-electron chi connectivity index (χ0n) is 18.6. The predicted octanol–water partition coefficient (Wildman–Crippen LogP) is 2.94. The fourth-order valence-corrected chi connectivity index (χ4v) is 3.85. The second kappa shape index (κ2) is 9.72. The summed E-state index contributed by atoms with van der Waals surface area (Å²) in [5.41, 5.74) is 1.01. The van der Waals surface area contributed by atoms with Crippen LogP contribution in [0.5, 0.6) is 11.5 Å². The molecular weight excluding hydrogens is 426 g/mol. The second-order valence-corrected chi connectivity index (χ2v) is 7.72. The molecule has 0 unspecified atom stereocenters. The topological polar surface area (TPSA) is 109 Å². The van der Waals surface area contributed by atoms with Crippen LogP contribution in [0.4, 0.5) is 5.69 Å². The Morgan fingerprint density at radius 3 is 2.70 bits per heavy atom. The molecule has 9 nitrogen and oxygen atoms in total. The summed E-state index contributed by atoms with van der Waals surface area (Å²) in [6.07, 6.45) is 3.72. The lowest BCUT2D eigenvalue weighted by molar-refractivity contribution is -0.119. The van der Waals surface area contributed by atoms with Gasteiger partial charge < -0.3 is 19.5 Å². The number of nitrogens with zero attached hydrogens (tertiary/aromatic N) is 2. The van der Waals surface area contributed by atoms with Crippen molar-refractivity contribution in [3.05, 3.63) is 58.1 Å². The third kappa shape index (κ3) is 4.82. The van der Waals surface area contributed by atoms with Gasteiger partial charge in [0, 0.05) is 19.0 Å². The smallest absolute Gasteiger partial charge is 0.338 e. The minimum atomic E-state index is -0.675. The number of esters is 1. The molecule has 0 atom stereocenters. The molecule has 33 heavy (non-hydrogen) atoms. The molecule has 0 fully saturated rings. The number of rotatable bonds is 6. The first kappa shape index (κ1) is 22.3. The Bertz CT molecular complexity index is 1270. The van der Waals surface area contributed by atoms with Gasteiger partial charge in [-0.15, -0.1) is 0 Å². The Labute approximate surface area is 190 Å². The second-order valence-electron chi connectivity index (χ2n) is 7.72. The molecule has 172 valence electrons. The quantitative estimate of drug-likeness (QED) is 0.574. The molecule has 0 bridgehead atoms. The Balaban J connectivity index is 1.46. The number of aryl methyl sites for hydroxylation is 1. The molecule has 9 heteroatoms. The zero-order valence-corrected chi connectivity index (χ0v) is 18.6. The van der Waals surface area contributed by atoms with Crippen LogP contribution in [0.15, 0.2) is 41.2 Å². The summed E-state index contributed by atoms with van der Waals surface area (Å²) in [6.45, 7) is 0.182. The van der Waals surface area contributed by atoms with Crippen LogP contribution in [0.2, 0.25) is 0 Å². The molecule has 0 saturated carbocycles. The molecule has 2 heterocycles. The van der Waals surface area contributed by atoms with E-state index in [0.717, 1.165) is 31.5 Å². The van der Waals surface area contributed by atoms with Gasteiger partial charge in [0.1, 0.15) is 17.3 Å². The number of amides is 1. The molecule has 0 spiro atoms. The largest absolute Gasteiger partial charge is 0.497 e. The highest BCUT2D eigenvalue weighted by Gasteiger charge is 2.17. The molecular formula is C24H25N3O6. The Hall–Kier alpha value is -3.88. The number of aromatic nitrogens is 2. The lowest BCUT2D eigenvalue weighted by Gasteiger charge is -2.12. The van der Waals surface area contributed by atoms with Crippen molar-refractivity contribution in [2.45, 2.75) is 32.2 Å². The van der Waals surface area contributed by atoms with Crippen molar-refractivity contribution in [2.24, 2.45) is 0 Å². The van der Waals surface area contributed by atoms with E-state index in [9.17, 15) is 14.4 Å². The van der Waals surface area contributed by atoms with E-state index in [4.69, 9.17) is 14.2 Å². The van der Waals surface area contributed by atoms with E-state index in [1.807, 2.05) is 0 Å². The van der Waals surface area contributed by atoms with Crippen LogP contribution in [0.3, 0.4) is 0 Å². The van der Waals surface area contributed by atoms with E-state index in [1.54, 1.807) is 28.8 Å². The van der Waals surface area contributed by atoms with Crippen LogP contribution in [0.25, 0.3) is 10.9 Å². The highest BCUT2D eigenvalue weighted by atomic mass is 16.5. The molecule has 0 radical (unpaired) electrons. The lowest BCUT2D eigenvalue weighted by atomic mass is 10.1. The van der Waals surface area contributed by atoms with Gasteiger partial charge in [0.05, 0.1) is 36.4 Å². The number of hydrogen-bond donors (Lipinski definition) is 1. The molecule has 0 aliphatic carbocycles. The molecule has 1 aromatic heterocycles. The van der Waals surface area contributed by atoms with Crippen LogP contribution in [0, 0.1) is 0 Å². The Kier molecular flexibility index (Phi) is 6.58. The highest BCUT2D eigenvalue weighted by Crippen LogP contribution is 2.29. The molecule has 1 aliphatic rings. The minimum absolute atomic E-state index is 0.0929. The molecule has 3 aromatic rings. The van der Waals surface area contributed by atoms with Gasteiger partial charge in [-0.25, -0.2) is 9.78 Å². The maximum Gasteiger partial charge on any atom is 0.338 e. The fraction of sp³-hybridized carbons (Fsp3) is 0.333. The highest BCUT2D eigenvalue weighted by molar-refractivity contribution is 5.98. The van der Waals surface area contributed by atoms with Crippen molar-refractivity contribution in [1.82, 2.24) is 9.55 Å². The fourth-order valence-electron chi connectivity index (χ4n) is 3.85. The number of methoxy groups -OCH3 is 2. The number of carbonyl (C=O) groups excluding carboxylic acids is 2. The van der Waals surface area contributed by atoms with Gasteiger partial charge in [-0.1, -0.05) is 6.42 Å². The van der Waals surface area contributed by atoms with Crippen LogP contribution < -0.4 is 20.3 Å². The van der Waals surface area contributed by atoms with Crippen molar-refractivity contribution in [2.75, 3.05) is 26.1 Å². The summed E-state index contributed by atoms with van der Waals surface area (Å²) in [7, 11) is 3.00. The summed E-state index contributed by atoms with van der Waals surface area (Å²) in [4.78, 5) is 42.3. The summed E-state index contributed by atoms with van der Waals surface area (Å²) in [6, 6.07) is 9.58. The third-order valence-electron chi connectivity index (χ3n) is 5.57. The van der Waals surface area contributed by atoms with Crippen molar-refractivity contribution in [3.63, 3.8) is 0 Å². The van der Waals surface area contributed by atoms with E-state index in [1.165, 1.54) is 26.4 Å². The van der Waals surface area contributed by atoms with Crippen LogP contribution in [-0.4, -0.2) is 42.3 Å².